The van der Waals surface area contributed by atoms with Gasteiger partial charge in [-0.3, -0.25) is 4.79 Å². The molecule has 4 heteroatoms. The second kappa shape index (κ2) is 4.44. The van der Waals surface area contributed by atoms with Crippen molar-refractivity contribution in [3.8, 4) is 0 Å². The number of rotatable bonds is 1. The van der Waals surface area contributed by atoms with Crippen LogP contribution in [0.2, 0.25) is 0 Å². The maximum Gasteiger partial charge on any atom is 0.346 e. The van der Waals surface area contributed by atoms with Crippen LogP contribution in [0.3, 0.4) is 0 Å². The fraction of sp³-hybridized carbons (Fsp3) is 0.733. The van der Waals surface area contributed by atoms with Gasteiger partial charge in [0.1, 0.15) is 5.60 Å². The predicted molar refractivity (Wildman–Crippen MR) is 70.4 cm³/mol. The van der Waals surface area contributed by atoms with Crippen molar-refractivity contribution in [1.82, 2.24) is 0 Å². The van der Waals surface area contributed by atoms with Crippen molar-refractivity contribution >= 4 is 11.8 Å². The van der Waals surface area contributed by atoms with Crippen LogP contribution < -0.4 is 0 Å². The first-order valence-corrected chi connectivity index (χ1v) is 6.98. The van der Waals surface area contributed by atoms with Crippen molar-refractivity contribution in [2.24, 2.45) is 11.8 Å². The van der Waals surface area contributed by atoms with E-state index in [0.29, 0.717) is 0 Å². The highest BCUT2D eigenvalue weighted by Gasteiger charge is 2.61. The number of ketones is 1. The second-order valence-electron chi connectivity index (χ2n) is 6.00. The summed E-state index contributed by atoms with van der Waals surface area (Å²) in [6.07, 6.45) is 3.71. The Labute approximate surface area is 113 Å². The van der Waals surface area contributed by atoms with E-state index in [1.165, 1.54) is 6.92 Å². The van der Waals surface area contributed by atoms with Crippen LogP contribution in [0, 0.1) is 11.8 Å². The molecule has 2 rings (SSSR count). The molecule has 0 amide bonds. The molecule has 1 saturated heterocycles. The van der Waals surface area contributed by atoms with E-state index < -0.39 is 23.0 Å². The molecule has 0 aromatic rings. The summed E-state index contributed by atoms with van der Waals surface area (Å²) in [4.78, 5) is 24.3. The molecule has 2 fully saturated rings. The molecule has 0 radical (unpaired) electrons. The smallest absolute Gasteiger partial charge is 0.346 e. The third-order valence-electron chi connectivity index (χ3n) is 4.87. The molecule has 1 saturated carbocycles. The predicted octanol–water partition coefficient (Wildman–Crippen LogP) is 2.00. The van der Waals surface area contributed by atoms with Gasteiger partial charge in [0.05, 0.1) is 0 Å². The minimum Gasteiger partial charge on any atom is -0.451 e. The van der Waals surface area contributed by atoms with Crippen LogP contribution >= 0.6 is 0 Å². The third kappa shape index (κ3) is 1.76. The first-order chi connectivity index (χ1) is 8.78. The highest BCUT2D eigenvalue weighted by atomic mass is 16.6. The number of hydrogen-bond acceptors (Lipinski definition) is 4. The summed E-state index contributed by atoms with van der Waals surface area (Å²) in [5.41, 5.74) is -2.74. The lowest BCUT2D eigenvalue weighted by atomic mass is 9.61. The Morgan fingerprint density at radius 3 is 2.63 bits per heavy atom. The first kappa shape index (κ1) is 14.3. The maximum atomic E-state index is 12.3. The Kier molecular flexibility index (Phi) is 3.33. The van der Waals surface area contributed by atoms with Crippen molar-refractivity contribution in [1.29, 1.82) is 0 Å². The van der Waals surface area contributed by atoms with E-state index >= 15 is 0 Å². The number of carbonyl (C=O) groups is 2. The lowest BCUT2D eigenvalue weighted by Gasteiger charge is -2.52. The molecule has 106 valence electrons. The summed E-state index contributed by atoms with van der Waals surface area (Å²) < 4.78 is 5.62. The highest BCUT2D eigenvalue weighted by molar-refractivity contribution is 6.17. The molecule has 1 aliphatic heterocycles. The largest absolute Gasteiger partial charge is 0.451 e. The summed E-state index contributed by atoms with van der Waals surface area (Å²) >= 11 is 0. The van der Waals surface area contributed by atoms with Crippen molar-refractivity contribution in [3.05, 3.63) is 12.2 Å². The molecule has 0 bridgehead atoms. The molecule has 0 aromatic carbocycles. The molecule has 0 aromatic heterocycles. The van der Waals surface area contributed by atoms with E-state index in [9.17, 15) is 14.7 Å². The Hall–Kier alpha value is -1.16. The van der Waals surface area contributed by atoms with Crippen LogP contribution in [0.25, 0.3) is 0 Å². The standard InChI is InChI=1S/C15H22O4/c1-5-11-8-6-7-9(2)15(11)10(3)12(16)14(4,18)13(17)19-15/h9,11,18H,3,5-8H2,1-2,4H3/t9?,11?,14-,15-/m0/s1. The van der Waals surface area contributed by atoms with Crippen LogP contribution in [0.5, 0.6) is 0 Å². The first-order valence-electron chi connectivity index (χ1n) is 6.98. The molecule has 1 N–H and O–H groups in total. The number of esters is 1. The zero-order valence-electron chi connectivity index (χ0n) is 11.9. The Morgan fingerprint density at radius 2 is 2.05 bits per heavy atom. The van der Waals surface area contributed by atoms with Gasteiger partial charge in [0.2, 0.25) is 11.4 Å². The molecule has 1 aliphatic carbocycles. The van der Waals surface area contributed by atoms with Crippen LogP contribution in [0.4, 0.5) is 0 Å². The van der Waals surface area contributed by atoms with E-state index in [4.69, 9.17) is 4.74 Å². The molecule has 2 unspecified atom stereocenters. The summed E-state index contributed by atoms with van der Waals surface area (Å²) in [5.74, 6) is -1.26. The van der Waals surface area contributed by atoms with Gasteiger partial charge in [-0.25, -0.2) is 4.79 Å². The molecular weight excluding hydrogens is 244 g/mol. The summed E-state index contributed by atoms with van der Waals surface area (Å²) in [7, 11) is 0. The van der Waals surface area contributed by atoms with Gasteiger partial charge in [-0.05, 0) is 26.2 Å². The fourth-order valence-electron chi connectivity index (χ4n) is 3.62. The zero-order chi connectivity index (χ0) is 14.4. The van der Waals surface area contributed by atoms with Gasteiger partial charge in [0.15, 0.2) is 0 Å². The lowest BCUT2D eigenvalue weighted by molar-refractivity contribution is -0.202. The Morgan fingerprint density at radius 1 is 1.42 bits per heavy atom. The highest BCUT2D eigenvalue weighted by Crippen LogP contribution is 2.50. The van der Waals surface area contributed by atoms with Crippen molar-refractivity contribution < 1.29 is 19.4 Å². The lowest BCUT2D eigenvalue weighted by Crippen LogP contribution is -2.64. The number of hydrogen-bond donors (Lipinski definition) is 1. The molecule has 4 nitrogen and oxygen atoms in total. The van der Waals surface area contributed by atoms with Crippen LogP contribution in [0.15, 0.2) is 12.2 Å². The van der Waals surface area contributed by atoms with Crippen molar-refractivity contribution in [2.45, 2.75) is 57.7 Å². The maximum absolute atomic E-state index is 12.3. The average Bonchev–Trinajstić information content (AvgIpc) is 2.37. The average molecular weight is 266 g/mol. The molecular formula is C15H22O4. The second-order valence-corrected chi connectivity index (χ2v) is 6.00. The van der Waals surface area contributed by atoms with Gasteiger partial charge in [-0.15, -0.1) is 0 Å². The van der Waals surface area contributed by atoms with E-state index in [-0.39, 0.29) is 17.4 Å². The number of carbonyl (C=O) groups excluding carboxylic acids is 2. The SMILES string of the molecule is C=C1C(=O)[C@](C)(O)C(=O)O[C@@]12C(C)CCCC2CC. The summed E-state index contributed by atoms with van der Waals surface area (Å²) in [6, 6.07) is 0. The van der Waals surface area contributed by atoms with Crippen LogP contribution in [-0.2, 0) is 14.3 Å². The topological polar surface area (TPSA) is 63.6 Å². The van der Waals surface area contributed by atoms with Crippen LogP contribution in [-0.4, -0.2) is 28.1 Å². The summed E-state index contributed by atoms with van der Waals surface area (Å²) in [5, 5.41) is 9.96. The van der Waals surface area contributed by atoms with E-state index in [0.717, 1.165) is 25.7 Å². The fourth-order valence-corrected chi connectivity index (χ4v) is 3.62. The summed E-state index contributed by atoms with van der Waals surface area (Å²) in [6.45, 7) is 9.07. The monoisotopic (exact) mass is 266 g/mol. The minimum absolute atomic E-state index is 0.0581. The Bertz CT molecular complexity index is 437. The molecule has 2 aliphatic rings. The van der Waals surface area contributed by atoms with Gasteiger partial charge in [0.25, 0.3) is 0 Å². The van der Waals surface area contributed by atoms with E-state index in [1.54, 1.807) is 0 Å². The molecule has 19 heavy (non-hydrogen) atoms. The Balaban J connectivity index is 2.50. The van der Waals surface area contributed by atoms with Gasteiger partial charge < -0.3 is 9.84 Å². The van der Waals surface area contributed by atoms with E-state index in [2.05, 4.69) is 6.58 Å². The van der Waals surface area contributed by atoms with Gasteiger partial charge >= 0.3 is 5.97 Å². The van der Waals surface area contributed by atoms with Gasteiger partial charge in [-0.1, -0.05) is 26.8 Å². The zero-order valence-corrected chi connectivity index (χ0v) is 11.9. The number of ether oxygens (including phenoxy) is 1. The van der Waals surface area contributed by atoms with Gasteiger partial charge in [-0.2, -0.15) is 0 Å². The molecule has 1 heterocycles. The molecule has 1 spiro atoms. The third-order valence-corrected chi connectivity index (χ3v) is 4.87. The van der Waals surface area contributed by atoms with Crippen LogP contribution in [0.1, 0.15) is 46.5 Å². The number of Topliss-reactive ketones (excluding diaryl/α,β-unsaturated/α-hetero) is 1. The van der Waals surface area contributed by atoms with E-state index in [1.807, 2.05) is 13.8 Å². The van der Waals surface area contributed by atoms with Gasteiger partial charge in [0, 0.05) is 17.4 Å². The minimum atomic E-state index is -2.09. The number of aliphatic hydroxyl groups is 1. The van der Waals surface area contributed by atoms with Crippen molar-refractivity contribution in [2.75, 3.05) is 0 Å². The molecule has 4 atom stereocenters. The normalized spacial score (nSPS) is 43.5. The quantitative estimate of drug-likeness (QED) is 0.448. The van der Waals surface area contributed by atoms with Crippen molar-refractivity contribution in [3.63, 3.8) is 0 Å².